The summed E-state index contributed by atoms with van der Waals surface area (Å²) in [5.74, 6) is 0.807. The van der Waals surface area contributed by atoms with E-state index in [1.165, 1.54) is 6.07 Å². The first-order chi connectivity index (χ1) is 10.8. The quantitative estimate of drug-likeness (QED) is 0.696. The zero-order valence-corrected chi connectivity index (χ0v) is 13.1. The lowest BCUT2D eigenvalue weighted by molar-refractivity contribution is 0.305. The Morgan fingerprint density at radius 2 is 1.73 bits per heavy atom. The van der Waals surface area contributed by atoms with Crippen molar-refractivity contribution >= 4 is 0 Å². The van der Waals surface area contributed by atoms with Crippen molar-refractivity contribution in [3.05, 3.63) is 65.5 Å². The average molecular weight is 301 g/mol. The first-order valence-electron chi connectivity index (χ1n) is 7.96. The normalized spacial score (nSPS) is 10.6. The molecule has 0 aliphatic heterocycles. The summed E-state index contributed by atoms with van der Waals surface area (Å²) in [6.07, 6.45) is 2.88. The second-order valence-corrected chi connectivity index (χ2v) is 5.33. The Balaban J connectivity index is 1.80. The fourth-order valence-corrected chi connectivity index (χ4v) is 2.26. The molecule has 0 aromatic heterocycles. The van der Waals surface area contributed by atoms with Crippen LogP contribution in [0.4, 0.5) is 4.39 Å². The van der Waals surface area contributed by atoms with Crippen molar-refractivity contribution in [2.45, 2.75) is 32.7 Å². The third-order valence-corrected chi connectivity index (χ3v) is 3.57. The van der Waals surface area contributed by atoms with Crippen LogP contribution in [-0.2, 0) is 13.0 Å². The molecule has 3 heteroatoms. The Morgan fingerprint density at radius 3 is 2.50 bits per heavy atom. The molecule has 0 aliphatic rings. The standard InChI is InChI=1S/C19H24FNO/c1-2-3-14-22-19-11-7-5-9-17(19)15-21-13-12-16-8-4-6-10-18(16)20/h4-11,21H,2-3,12-15H2,1H3. The highest BCUT2D eigenvalue weighted by Crippen LogP contribution is 2.18. The smallest absolute Gasteiger partial charge is 0.126 e. The number of hydrogen-bond donors (Lipinski definition) is 1. The summed E-state index contributed by atoms with van der Waals surface area (Å²) in [5, 5.41) is 3.36. The largest absolute Gasteiger partial charge is 0.493 e. The van der Waals surface area contributed by atoms with Gasteiger partial charge < -0.3 is 10.1 Å². The van der Waals surface area contributed by atoms with E-state index in [2.05, 4.69) is 18.3 Å². The van der Waals surface area contributed by atoms with Crippen LogP contribution in [-0.4, -0.2) is 13.2 Å². The van der Waals surface area contributed by atoms with E-state index >= 15 is 0 Å². The van der Waals surface area contributed by atoms with E-state index in [1.807, 2.05) is 30.3 Å². The zero-order valence-electron chi connectivity index (χ0n) is 13.1. The van der Waals surface area contributed by atoms with Crippen molar-refractivity contribution in [3.8, 4) is 5.75 Å². The maximum atomic E-state index is 13.5. The van der Waals surface area contributed by atoms with Gasteiger partial charge >= 0.3 is 0 Å². The van der Waals surface area contributed by atoms with Gasteiger partial charge in [0.15, 0.2) is 0 Å². The highest BCUT2D eigenvalue weighted by Gasteiger charge is 2.03. The van der Waals surface area contributed by atoms with E-state index in [0.717, 1.165) is 49.4 Å². The van der Waals surface area contributed by atoms with E-state index in [9.17, 15) is 4.39 Å². The second-order valence-electron chi connectivity index (χ2n) is 5.33. The molecule has 0 amide bonds. The molecule has 0 heterocycles. The predicted molar refractivity (Wildman–Crippen MR) is 88.7 cm³/mol. The second kappa shape index (κ2) is 9.21. The maximum Gasteiger partial charge on any atom is 0.126 e. The Morgan fingerprint density at radius 1 is 1.00 bits per heavy atom. The van der Waals surface area contributed by atoms with Gasteiger partial charge in [-0.25, -0.2) is 4.39 Å². The molecule has 2 rings (SSSR count). The molecule has 0 fully saturated rings. The van der Waals surface area contributed by atoms with Crippen LogP contribution in [0.5, 0.6) is 5.75 Å². The molecule has 0 aliphatic carbocycles. The van der Waals surface area contributed by atoms with Crippen LogP contribution in [0.2, 0.25) is 0 Å². The maximum absolute atomic E-state index is 13.5. The molecule has 2 aromatic carbocycles. The van der Waals surface area contributed by atoms with Gasteiger partial charge in [0.2, 0.25) is 0 Å². The van der Waals surface area contributed by atoms with Crippen LogP contribution in [0.1, 0.15) is 30.9 Å². The molecule has 0 radical (unpaired) electrons. The highest BCUT2D eigenvalue weighted by atomic mass is 19.1. The minimum Gasteiger partial charge on any atom is -0.493 e. The third-order valence-electron chi connectivity index (χ3n) is 3.57. The van der Waals surface area contributed by atoms with Crippen LogP contribution in [0.25, 0.3) is 0 Å². The molecule has 0 saturated carbocycles. The molecular formula is C19H24FNO. The predicted octanol–water partition coefficient (Wildman–Crippen LogP) is 4.34. The minimum absolute atomic E-state index is 0.132. The molecule has 0 saturated heterocycles. The van der Waals surface area contributed by atoms with E-state index in [-0.39, 0.29) is 5.82 Å². The SMILES string of the molecule is CCCCOc1ccccc1CNCCc1ccccc1F. The van der Waals surface area contributed by atoms with Gasteiger partial charge in [-0.1, -0.05) is 49.7 Å². The topological polar surface area (TPSA) is 21.3 Å². The number of rotatable bonds is 9. The van der Waals surface area contributed by atoms with Crippen molar-refractivity contribution < 1.29 is 9.13 Å². The van der Waals surface area contributed by atoms with E-state index in [0.29, 0.717) is 6.42 Å². The average Bonchev–Trinajstić information content (AvgIpc) is 2.54. The van der Waals surface area contributed by atoms with Crippen LogP contribution in [0, 0.1) is 5.82 Å². The lowest BCUT2D eigenvalue weighted by Gasteiger charge is -2.12. The van der Waals surface area contributed by atoms with Crippen LogP contribution in [0.15, 0.2) is 48.5 Å². The van der Waals surface area contributed by atoms with E-state index < -0.39 is 0 Å². The van der Waals surface area contributed by atoms with Gasteiger partial charge in [0.25, 0.3) is 0 Å². The van der Waals surface area contributed by atoms with Gasteiger partial charge in [-0.3, -0.25) is 0 Å². The van der Waals surface area contributed by atoms with Crippen molar-refractivity contribution in [1.82, 2.24) is 5.32 Å². The summed E-state index contributed by atoms with van der Waals surface area (Å²) in [6.45, 7) is 4.38. The van der Waals surface area contributed by atoms with Crippen molar-refractivity contribution in [1.29, 1.82) is 0 Å². The summed E-state index contributed by atoms with van der Waals surface area (Å²) in [6, 6.07) is 15.0. The number of nitrogens with one attached hydrogen (secondary N) is 1. The fourth-order valence-electron chi connectivity index (χ4n) is 2.26. The van der Waals surface area contributed by atoms with Gasteiger partial charge in [-0.05, 0) is 37.1 Å². The number of benzene rings is 2. The van der Waals surface area contributed by atoms with Crippen molar-refractivity contribution in [2.75, 3.05) is 13.2 Å². The van der Waals surface area contributed by atoms with Gasteiger partial charge in [0, 0.05) is 12.1 Å². The Bertz CT molecular complexity index is 571. The highest BCUT2D eigenvalue weighted by molar-refractivity contribution is 5.33. The van der Waals surface area contributed by atoms with Crippen LogP contribution in [0.3, 0.4) is 0 Å². The molecule has 0 unspecified atom stereocenters. The van der Waals surface area contributed by atoms with Gasteiger partial charge in [0.1, 0.15) is 11.6 Å². The summed E-state index contributed by atoms with van der Waals surface area (Å²) in [5.41, 5.74) is 1.90. The monoisotopic (exact) mass is 301 g/mol. The van der Waals surface area contributed by atoms with Crippen LogP contribution < -0.4 is 10.1 Å². The fraction of sp³-hybridized carbons (Fsp3) is 0.368. The van der Waals surface area contributed by atoms with Crippen molar-refractivity contribution in [2.24, 2.45) is 0 Å². The molecule has 22 heavy (non-hydrogen) atoms. The number of unbranched alkanes of at least 4 members (excludes halogenated alkanes) is 1. The summed E-state index contributed by atoms with van der Waals surface area (Å²) in [7, 11) is 0. The lowest BCUT2D eigenvalue weighted by Crippen LogP contribution is -2.17. The van der Waals surface area contributed by atoms with E-state index in [4.69, 9.17) is 4.74 Å². The first kappa shape index (κ1) is 16.5. The molecule has 1 N–H and O–H groups in total. The number of halogens is 1. The Kier molecular flexibility index (Phi) is 6.91. The summed E-state index contributed by atoms with van der Waals surface area (Å²) in [4.78, 5) is 0. The molecule has 2 aromatic rings. The molecule has 2 nitrogen and oxygen atoms in total. The van der Waals surface area contributed by atoms with E-state index in [1.54, 1.807) is 6.07 Å². The number of para-hydroxylation sites is 1. The van der Waals surface area contributed by atoms with Gasteiger partial charge in [-0.2, -0.15) is 0 Å². The first-order valence-corrected chi connectivity index (χ1v) is 7.96. The molecule has 0 bridgehead atoms. The Labute approximate surface area is 132 Å². The zero-order chi connectivity index (χ0) is 15.6. The molecular weight excluding hydrogens is 277 g/mol. The van der Waals surface area contributed by atoms with Crippen molar-refractivity contribution in [3.63, 3.8) is 0 Å². The van der Waals surface area contributed by atoms with Crippen LogP contribution >= 0.6 is 0 Å². The van der Waals surface area contributed by atoms with Gasteiger partial charge in [0.05, 0.1) is 6.61 Å². The number of hydrogen-bond acceptors (Lipinski definition) is 2. The summed E-state index contributed by atoms with van der Waals surface area (Å²) >= 11 is 0. The third kappa shape index (κ3) is 5.15. The molecule has 118 valence electrons. The van der Waals surface area contributed by atoms with Gasteiger partial charge in [-0.15, -0.1) is 0 Å². The molecule has 0 atom stereocenters. The summed E-state index contributed by atoms with van der Waals surface area (Å²) < 4.78 is 19.3. The molecule has 0 spiro atoms. The minimum atomic E-state index is -0.132. The lowest BCUT2D eigenvalue weighted by atomic mass is 10.1. The Hall–Kier alpha value is -1.87. The number of ether oxygens (including phenoxy) is 1.